The van der Waals surface area contributed by atoms with Crippen molar-refractivity contribution in [2.24, 2.45) is 0 Å². The van der Waals surface area contributed by atoms with E-state index in [1.807, 2.05) is 0 Å². The molecule has 0 aromatic carbocycles. The summed E-state index contributed by atoms with van der Waals surface area (Å²) in [6.07, 6.45) is 81.0. The molecular weight excluding hydrogens is 925 g/mol. The molecule has 0 aliphatic heterocycles. The monoisotopic (exact) mass is 1050 g/mol. The van der Waals surface area contributed by atoms with Gasteiger partial charge in [-0.3, -0.25) is 14.4 Å². The molecule has 0 aromatic heterocycles. The summed E-state index contributed by atoms with van der Waals surface area (Å²) in [6, 6.07) is 0. The maximum atomic E-state index is 12.9. The Hall–Kier alpha value is -2.89. The van der Waals surface area contributed by atoms with Crippen LogP contribution in [0.3, 0.4) is 0 Å². The number of carbonyl (C=O) groups is 3. The minimum atomic E-state index is -0.785. The summed E-state index contributed by atoms with van der Waals surface area (Å²) >= 11 is 0. The molecule has 75 heavy (non-hydrogen) atoms. The Labute approximate surface area is 466 Å². The van der Waals surface area contributed by atoms with E-state index >= 15 is 0 Å². The van der Waals surface area contributed by atoms with Gasteiger partial charge in [-0.15, -0.1) is 0 Å². The van der Waals surface area contributed by atoms with Gasteiger partial charge in [0, 0.05) is 19.3 Å². The van der Waals surface area contributed by atoms with Gasteiger partial charge in [0.2, 0.25) is 0 Å². The van der Waals surface area contributed by atoms with Crippen molar-refractivity contribution in [2.45, 2.75) is 348 Å². The third-order valence-corrected chi connectivity index (χ3v) is 14.5. The van der Waals surface area contributed by atoms with E-state index in [4.69, 9.17) is 14.2 Å². The van der Waals surface area contributed by atoms with E-state index in [1.165, 1.54) is 212 Å². The molecule has 436 valence electrons. The highest BCUT2D eigenvalue weighted by Crippen LogP contribution is 2.17. The summed E-state index contributed by atoms with van der Waals surface area (Å²) in [6.45, 7) is 6.54. The Bertz CT molecular complexity index is 1340. The molecule has 6 heteroatoms. The molecule has 0 saturated carbocycles. The SMILES string of the molecule is CC/C=C\C/C=C\C/C=C\CCCCCC(=O)OCC(COC(=O)CCCCCCCCCCCCCCC/C=C\C/C=C\CCCCCCC)OC(=O)CCCCCCCCCCCCCCCCCCCCC. The summed E-state index contributed by atoms with van der Waals surface area (Å²) in [4.78, 5) is 38.3. The van der Waals surface area contributed by atoms with Gasteiger partial charge in [-0.25, -0.2) is 0 Å². The highest BCUT2D eigenvalue weighted by molar-refractivity contribution is 5.71. The Kier molecular flexibility index (Phi) is 61.2. The largest absolute Gasteiger partial charge is 0.462 e. The first-order valence-corrected chi connectivity index (χ1v) is 32.8. The number of hydrogen-bond donors (Lipinski definition) is 0. The Morgan fingerprint density at radius 3 is 0.827 bits per heavy atom. The van der Waals surface area contributed by atoms with Crippen molar-refractivity contribution in [2.75, 3.05) is 13.2 Å². The van der Waals surface area contributed by atoms with Crippen LogP contribution in [-0.2, 0) is 28.6 Å². The second-order valence-electron chi connectivity index (χ2n) is 22.0. The zero-order chi connectivity index (χ0) is 54.3. The third-order valence-electron chi connectivity index (χ3n) is 14.5. The maximum Gasteiger partial charge on any atom is 0.306 e. The predicted octanol–water partition coefficient (Wildman–Crippen LogP) is 22.3. The average molecular weight is 1050 g/mol. The number of carbonyl (C=O) groups excluding carboxylic acids is 3. The maximum absolute atomic E-state index is 12.9. The lowest BCUT2D eigenvalue weighted by Crippen LogP contribution is -2.30. The van der Waals surface area contributed by atoms with Crippen LogP contribution in [0.4, 0.5) is 0 Å². The lowest BCUT2D eigenvalue weighted by molar-refractivity contribution is -0.167. The highest BCUT2D eigenvalue weighted by atomic mass is 16.6. The van der Waals surface area contributed by atoms with Crippen molar-refractivity contribution in [3.05, 3.63) is 60.8 Å². The molecule has 0 amide bonds. The lowest BCUT2D eigenvalue weighted by atomic mass is 10.0. The van der Waals surface area contributed by atoms with Crippen molar-refractivity contribution in [3.8, 4) is 0 Å². The molecule has 0 saturated heterocycles. The Morgan fingerprint density at radius 1 is 0.280 bits per heavy atom. The molecule has 0 aromatic rings. The fourth-order valence-electron chi connectivity index (χ4n) is 9.61. The second kappa shape index (κ2) is 63.6. The topological polar surface area (TPSA) is 78.9 Å². The molecule has 0 fully saturated rings. The Morgan fingerprint density at radius 2 is 0.520 bits per heavy atom. The van der Waals surface area contributed by atoms with Crippen LogP contribution in [0.1, 0.15) is 342 Å². The minimum Gasteiger partial charge on any atom is -0.462 e. The van der Waals surface area contributed by atoms with Gasteiger partial charge in [-0.05, 0) is 83.5 Å². The molecule has 0 aliphatic carbocycles. The van der Waals surface area contributed by atoms with Crippen molar-refractivity contribution >= 4 is 17.9 Å². The van der Waals surface area contributed by atoms with Crippen molar-refractivity contribution in [1.82, 2.24) is 0 Å². The molecule has 1 atom stereocenters. The lowest BCUT2D eigenvalue weighted by Gasteiger charge is -2.18. The van der Waals surface area contributed by atoms with E-state index in [0.29, 0.717) is 19.3 Å². The number of unbranched alkanes of at least 4 members (excludes halogenated alkanes) is 39. The molecule has 0 radical (unpaired) electrons. The summed E-state index contributed by atoms with van der Waals surface area (Å²) < 4.78 is 16.9. The molecule has 0 heterocycles. The Balaban J connectivity index is 4.27. The van der Waals surface area contributed by atoms with Crippen LogP contribution in [0, 0.1) is 0 Å². The van der Waals surface area contributed by atoms with Crippen molar-refractivity contribution in [1.29, 1.82) is 0 Å². The average Bonchev–Trinajstić information content (AvgIpc) is 3.41. The fraction of sp³-hybridized carbons (Fsp3) is 0.812. The van der Waals surface area contributed by atoms with Crippen LogP contribution >= 0.6 is 0 Å². The van der Waals surface area contributed by atoms with E-state index in [9.17, 15) is 14.4 Å². The van der Waals surface area contributed by atoms with Gasteiger partial charge < -0.3 is 14.2 Å². The van der Waals surface area contributed by atoms with E-state index < -0.39 is 6.10 Å². The standard InChI is InChI=1S/C69H124O6/c1-4-7-10-13-16-19-22-25-27-29-31-32-33-34-35-36-38-39-41-44-47-50-53-56-59-62-68(71)74-65-66(64-73-67(70)61-58-55-52-49-46-43-24-21-18-15-12-9-6-3)75-69(72)63-60-57-54-51-48-45-42-40-37-30-28-26-23-20-17-14-11-8-5-2/h9,12,18,21-22,25,29,31,43,46,66H,4-8,10-11,13-17,19-20,23-24,26-28,30,32-42,44-45,47-65H2,1-3H3/b12-9-,21-18-,25-22-,31-29-,46-43-. The molecule has 0 bridgehead atoms. The smallest absolute Gasteiger partial charge is 0.306 e. The van der Waals surface area contributed by atoms with Gasteiger partial charge in [0.15, 0.2) is 6.10 Å². The highest BCUT2D eigenvalue weighted by Gasteiger charge is 2.19. The van der Waals surface area contributed by atoms with Gasteiger partial charge in [-0.2, -0.15) is 0 Å². The zero-order valence-corrected chi connectivity index (χ0v) is 50.1. The van der Waals surface area contributed by atoms with E-state index in [1.54, 1.807) is 0 Å². The van der Waals surface area contributed by atoms with E-state index in [2.05, 4.69) is 81.5 Å². The molecular formula is C69H124O6. The first-order valence-electron chi connectivity index (χ1n) is 32.8. The van der Waals surface area contributed by atoms with Crippen LogP contribution in [0.15, 0.2) is 60.8 Å². The normalized spacial score (nSPS) is 12.4. The van der Waals surface area contributed by atoms with Crippen molar-refractivity contribution in [3.63, 3.8) is 0 Å². The van der Waals surface area contributed by atoms with Crippen LogP contribution < -0.4 is 0 Å². The quantitative estimate of drug-likeness (QED) is 0.0261. The van der Waals surface area contributed by atoms with Gasteiger partial charge in [-0.1, -0.05) is 300 Å². The number of hydrogen-bond acceptors (Lipinski definition) is 6. The van der Waals surface area contributed by atoms with Crippen molar-refractivity contribution < 1.29 is 28.6 Å². The third kappa shape index (κ3) is 61.8. The first kappa shape index (κ1) is 72.1. The molecule has 0 N–H and O–H groups in total. The summed E-state index contributed by atoms with van der Waals surface area (Å²) in [5, 5.41) is 0. The van der Waals surface area contributed by atoms with Gasteiger partial charge in [0.05, 0.1) is 0 Å². The minimum absolute atomic E-state index is 0.0806. The summed E-state index contributed by atoms with van der Waals surface area (Å²) in [7, 11) is 0. The van der Waals surface area contributed by atoms with Crippen LogP contribution in [-0.4, -0.2) is 37.2 Å². The molecule has 0 rings (SSSR count). The molecule has 0 aliphatic rings. The zero-order valence-electron chi connectivity index (χ0n) is 50.1. The number of esters is 3. The van der Waals surface area contributed by atoms with Gasteiger partial charge >= 0.3 is 17.9 Å². The fourth-order valence-corrected chi connectivity index (χ4v) is 9.61. The van der Waals surface area contributed by atoms with Gasteiger partial charge in [0.25, 0.3) is 0 Å². The second-order valence-corrected chi connectivity index (χ2v) is 22.0. The summed E-state index contributed by atoms with van der Waals surface area (Å²) in [5.74, 6) is -0.892. The van der Waals surface area contributed by atoms with E-state index in [-0.39, 0.29) is 31.1 Å². The number of rotatable bonds is 60. The molecule has 0 spiro atoms. The molecule has 1 unspecified atom stereocenters. The summed E-state index contributed by atoms with van der Waals surface area (Å²) in [5.41, 5.74) is 0. The van der Waals surface area contributed by atoms with E-state index in [0.717, 1.165) is 89.9 Å². The van der Waals surface area contributed by atoms with Gasteiger partial charge in [0.1, 0.15) is 13.2 Å². The van der Waals surface area contributed by atoms with Crippen LogP contribution in [0.2, 0.25) is 0 Å². The number of ether oxygens (including phenoxy) is 3. The molecule has 6 nitrogen and oxygen atoms in total. The predicted molar refractivity (Wildman–Crippen MR) is 325 cm³/mol. The van der Waals surface area contributed by atoms with Crippen LogP contribution in [0.5, 0.6) is 0 Å². The first-order chi connectivity index (χ1) is 37.0. The number of allylic oxidation sites excluding steroid dienone is 10. The van der Waals surface area contributed by atoms with Crippen LogP contribution in [0.25, 0.3) is 0 Å².